The van der Waals surface area contributed by atoms with Crippen LogP contribution in [0.4, 0.5) is 11.5 Å². The van der Waals surface area contributed by atoms with Gasteiger partial charge in [0, 0.05) is 12.7 Å². The lowest BCUT2D eigenvalue weighted by atomic mass is 10.2. The standard InChI is InChI=1S/C16H15N3O/c1-11-7-9-12(10-8-11)17-15-16(20)19(2)14-6-4-3-5-13(14)18-15/h3-10H,1-2H3,(H,17,18). The van der Waals surface area contributed by atoms with Crippen LogP contribution in [0.25, 0.3) is 11.0 Å². The summed E-state index contributed by atoms with van der Waals surface area (Å²) in [5, 5.41) is 3.09. The van der Waals surface area contributed by atoms with Gasteiger partial charge in [0.1, 0.15) is 0 Å². The number of aromatic nitrogens is 2. The van der Waals surface area contributed by atoms with Crippen LogP contribution in [0, 0.1) is 6.92 Å². The molecule has 2 aromatic carbocycles. The van der Waals surface area contributed by atoms with Crippen LogP contribution in [0.5, 0.6) is 0 Å². The van der Waals surface area contributed by atoms with Gasteiger partial charge in [-0.1, -0.05) is 29.8 Å². The molecule has 3 rings (SSSR count). The van der Waals surface area contributed by atoms with E-state index in [2.05, 4.69) is 10.3 Å². The van der Waals surface area contributed by atoms with E-state index in [-0.39, 0.29) is 5.56 Å². The summed E-state index contributed by atoms with van der Waals surface area (Å²) in [4.78, 5) is 16.7. The maximum absolute atomic E-state index is 12.3. The van der Waals surface area contributed by atoms with Crippen LogP contribution in [-0.2, 0) is 7.05 Å². The molecule has 1 aromatic heterocycles. The van der Waals surface area contributed by atoms with Crippen molar-refractivity contribution in [3.63, 3.8) is 0 Å². The van der Waals surface area contributed by atoms with Gasteiger partial charge < -0.3 is 9.88 Å². The fraction of sp³-hybridized carbons (Fsp3) is 0.125. The highest BCUT2D eigenvalue weighted by molar-refractivity contribution is 5.76. The number of rotatable bonds is 2. The second kappa shape index (κ2) is 4.81. The smallest absolute Gasteiger partial charge is 0.293 e. The SMILES string of the molecule is Cc1ccc(Nc2nc3ccccc3n(C)c2=O)cc1. The number of hydrogen-bond donors (Lipinski definition) is 1. The van der Waals surface area contributed by atoms with Crippen molar-refractivity contribution in [3.05, 3.63) is 64.4 Å². The Balaban J connectivity index is 2.10. The van der Waals surface area contributed by atoms with Crippen LogP contribution >= 0.6 is 0 Å². The molecule has 0 bridgehead atoms. The second-order valence-electron chi connectivity index (χ2n) is 4.80. The van der Waals surface area contributed by atoms with Crippen LogP contribution in [-0.4, -0.2) is 9.55 Å². The van der Waals surface area contributed by atoms with Crippen LogP contribution in [0.15, 0.2) is 53.3 Å². The highest BCUT2D eigenvalue weighted by atomic mass is 16.1. The van der Waals surface area contributed by atoms with E-state index in [0.29, 0.717) is 5.82 Å². The Kier molecular flexibility index (Phi) is 2.99. The van der Waals surface area contributed by atoms with E-state index in [9.17, 15) is 4.79 Å². The lowest BCUT2D eigenvalue weighted by molar-refractivity contribution is 0.895. The van der Waals surface area contributed by atoms with Crippen molar-refractivity contribution >= 4 is 22.5 Å². The van der Waals surface area contributed by atoms with Gasteiger partial charge in [0.05, 0.1) is 11.0 Å². The van der Waals surface area contributed by atoms with Gasteiger partial charge in [-0.3, -0.25) is 4.79 Å². The molecule has 0 spiro atoms. The van der Waals surface area contributed by atoms with E-state index in [0.717, 1.165) is 16.7 Å². The molecule has 0 unspecified atom stereocenters. The van der Waals surface area contributed by atoms with E-state index in [1.807, 2.05) is 55.5 Å². The first-order valence-corrected chi connectivity index (χ1v) is 6.44. The van der Waals surface area contributed by atoms with Crippen molar-refractivity contribution in [2.24, 2.45) is 7.05 Å². The average molecular weight is 265 g/mol. The molecule has 3 aromatic rings. The van der Waals surface area contributed by atoms with Crippen molar-refractivity contribution in [3.8, 4) is 0 Å². The molecular formula is C16H15N3O. The summed E-state index contributed by atoms with van der Waals surface area (Å²) in [6, 6.07) is 15.5. The van der Waals surface area contributed by atoms with Crippen LogP contribution < -0.4 is 10.9 Å². The first-order valence-electron chi connectivity index (χ1n) is 6.44. The normalized spacial score (nSPS) is 10.7. The molecule has 1 N–H and O–H groups in total. The maximum atomic E-state index is 12.3. The number of fused-ring (bicyclic) bond motifs is 1. The first-order chi connectivity index (χ1) is 9.65. The Hall–Kier alpha value is -2.62. The molecule has 0 radical (unpaired) electrons. The van der Waals surface area contributed by atoms with E-state index in [1.54, 1.807) is 11.6 Å². The summed E-state index contributed by atoms with van der Waals surface area (Å²) in [6.07, 6.45) is 0. The number of anilines is 2. The van der Waals surface area contributed by atoms with E-state index < -0.39 is 0 Å². The zero-order valence-corrected chi connectivity index (χ0v) is 11.4. The van der Waals surface area contributed by atoms with Crippen molar-refractivity contribution < 1.29 is 0 Å². The molecule has 0 amide bonds. The zero-order chi connectivity index (χ0) is 14.1. The topological polar surface area (TPSA) is 46.9 Å². The summed E-state index contributed by atoms with van der Waals surface area (Å²) in [5.74, 6) is 0.343. The van der Waals surface area contributed by atoms with Gasteiger partial charge in [-0.05, 0) is 31.2 Å². The summed E-state index contributed by atoms with van der Waals surface area (Å²) < 4.78 is 1.61. The van der Waals surface area contributed by atoms with Crippen LogP contribution in [0.2, 0.25) is 0 Å². The van der Waals surface area contributed by atoms with Crippen molar-refractivity contribution in [1.29, 1.82) is 0 Å². The molecule has 0 atom stereocenters. The Morgan fingerprint density at radius 2 is 1.75 bits per heavy atom. The van der Waals surface area contributed by atoms with Gasteiger partial charge in [0.25, 0.3) is 5.56 Å². The van der Waals surface area contributed by atoms with Gasteiger partial charge in [-0.15, -0.1) is 0 Å². The summed E-state index contributed by atoms with van der Waals surface area (Å²) in [7, 11) is 1.76. The summed E-state index contributed by atoms with van der Waals surface area (Å²) >= 11 is 0. The number of nitrogens with one attached hydrogen (secondary N) is 1. The minimum atomic E-state index is -0.135. The Morgan fingerprint density at radius 3 is 2.50 bits per heavy atom. The predicted molar refractivity (Wildman–Crippen MR) is 81.4 cm³/mol. The molecule has 0 fully saturated rings. The highest BCUT2D eigenvalue weighted by Gasteiger charge is 2.08. The third-order valence-corrected chi connectivity index (χ3v) is 3.30. The Bertz CT molecular complexity index is 819. The lowest BCUT2D eigenvalue weighted by Gasteiger charge is -2.09. The third kappa shape index (κ3) is 2.16. The molecule has 0 saturated carbocycles. The molecule has 0 aliphatic rings. The van der Waals surface area contributed by atoms with E-state index in [1.165, 1.54) is 5.56 Å². The summed E-state index contributed by atoms with van der Waals surface area (Å²) in [6.45, 7) is 2.02. The molecule has 1 heterocycles. The monoisotopic (exact) mass is 265 g/mol. The number of hydrogen-bond acceptors (Lipinski definition) is 3. The fourth-order valence-corrected chi connectivity index (χ4v) is 2.13. The van der Waals surface area contributed by atoms with Gasteiger partial charge in [0.2, 0.25) is 0 Å². The molecule has 100 valence electrons. The van der Waals surface area contributed by atoms with Gasteiger partial charge >= 0.3 is 0 Å². The lowest BCUT2D eigenvalue weighted by Crippen LogP contribution is -2.21. The minimum Gasteiger partial charge on any atom is -0.336 e. The average Bonchev–Trinajstić information content (AvgIpc) is 2.47. The largest absolute Gasteiger partial charge is 0.336 e. The zero-order valence-electron chi connectivity index (χ0n) is 11.4. The van der Waals surface area contributed by atoms with Gasteiger partial charge in [-0.25, -0.2) is 4.98 Å². The number of benzene rings is 2. The first kappa shape index (κ1) is 12.4. The molecule has 20 heavy (non-hydrogen) atoms. The Morgan fingerprint density at radius 1 is 1.05 bits per heavy atom. The Labute approximate surface area is 116 Å². The molecule has 0 saturated heterocycles. The van der Waals surface area contributed by atoms with E-state index >= 15 is 0 Å². The maximum Gasteiger partial charge on any atom is 0.293 e. The second-order valence-corrected chi connectivity index (χ2v) is 4.80. The molecule has 0 aliphatic heterocycles. The van der Waals surface area contributed by atoms with Crippen molar-refractivity contribution in [1.82, 2.24) is 9.55 Å². The molecule has 4 heteroatoms. The predicted octanol–water partition coefficient (Wildman–Crippen LogP) is 2.99. The molecule has 4 nitrogen and oxygen atoms in total. The minimum absolute atomic E-state index is 0.135. The van der Waals surface area contributed by atoms with Crippen LogP contribution in [0.1, 0.15) is 5.56 Å². The van der Waals surface area contributed by atoms with Crippen molar-refractivity contribution in [2.45, 2.75) is 6.92 Å². The third-order valence-electron chi connectivity index (χ3n) is 3.30. The number of aryl methyl sites for hydroxylation is 2. The van der Waals surface area contributed by atoms with Gasteiger partial charge in [-0.2, -0.15) is 0 Å². The van der Waals surface area contributed by atoms with E-state index in [4.69, 9.17) is 0 Å². The molecule has 0 aliphatic carbocycles. The van der Waals surface area contributed by atoms with Crippen molar-refractivity contribution in [2.75, 3.05) is 5.32 Å². The number of nitrogens with zero attached hydrogens (tertiary/aromatic N) is 2. The van der Waals surface area contributed by atoms with Gasteiger partial charge in [0.15, 0.2) is 5.82 Å². The summed E-state index contributed by atoms with van der Waals surface area (Å²) in [5.41, 5.74) is 3.52. The molecular weight excluding hydrogens is 250 g/mol. The fourth-order valence-electron chi connectivity index (χ4n) is 2.13. The number of para-hydroxylation sites is 2. The quantitative estimate of drug-likeness (QED) is 0.775. The highest BCUT2D eigenvalue weighted by Crippen LogP contribution is 2.15. The van der Waals surface area contributed by atoms with Crippen LogP contribution in [0.3, 0.4) is 0 Å².